The summed E-state index contributed by atoms with van der Waals surface area (Å²) >= 11 is 0. The maximum Gasteiger partial charge on any atom is 0.266 e. The van der Waals surface area contributed by atoms with Crippen LogP contribution in [0.3, 0.4) is 0 Å². The van der Waals surface area contributed by atoms with E-state index >= 15 is 0 Å². The molecule has 0 atom stereocenters. The summed E-state index contributed by atoms with van der Waals surface area (Å²) in [5.74, 6) is 0.658. The van der Waals surface area contributed by atoms with Crippen LogP contribution in [-0.4, -0.2) is 20.1 Å². The molecule has 0 aliphatic heterocycles. The molecule has 0 radical (unpaired) electrons. The maximum atomic E-state index is 12.4. The monoisotopic (exact) mass is 336 g/mol. The van der Waals surface area contributed by atoms with Gasteiger partial charge in [0.25, 0.3) is 5.91 Å². The van der Waals surface area contributed by atoms with Crippen molar-refractivity contribution < 1.29 is 14.3 Å². The molecule has 0 unspecified atom stereocenters. The zero-order chi connectivity index (χ0) is 18.4. The quantitative estimate of drug-likeness (QED) is 0.665. The van der Waals surface area contributed by atoms with Gasteiger partial charge in [0.15, 0.2) is 11.5 Å². The molecule has 5 nitrogen and oxygen atoms in total. The first-order valence-corrected chi connectivity index (χ1v) is 7.71. The van der Waals surface area contributed by atoms with Crippen molar-refractivity contribution in [3.63, 3.8) is 0 Å². The van der Waals surface area contributed by atoms with E-state index in [-0.39, 0.29) is 5.57 Å². The molecular formula is C20H20N2O3. The van der Waals surface area contributed by atoms with E-state index in [1.165, 1.54) is 13.2 Å². The van der Waals surface area contributed by atoms with E-state index in [4.69, 9.17) is 9.47 Å². The Hall–Kier alpha value is -3.26. The summed E-state index contributed by atoms with van der Waals surface area (Å²) in [6, 6.07) is 12.8. The molecule has 1 amide bonds. The van der Waals surface area contributed by atoms with Crippen molar-refractivity contribution in [1.29, 1.82) is 5.26 Å². The van der Waals surface area contributed by atoms with Crippen molar-refractivity contribution in [2.45, 2.75) is 13.8 Å². The van der Waals surface area contributed by atoms with Crippen molar-refractivity contribution in [1.82, 2.24) is 0 Å². The van der Waals surface area contributed by atoms with Gasteiger partial charge in [0.2, 0.25) is 0 Å². The Bertz CT molecular complexity index is 864. The van der Waals surface area contributed by atoms with E-state index in [1.54, 1.807) is 25.3 Å². The molecule has 2 aromatic rings. The van der Waals surface area contributed by atoms with Gasteiger partial charge in [0.1, 0.15) is 11.6 Å². The summed E-state index contributed by atoms with van der Waals surface area (Å²) in [7, 11) is 3.08. The number of aryl methyl sites for hydroxylation is 2. The van der Waals surface area contributed by atoms with Gasteiger partial charge in [0, 0.05) is 5.69 Å². The van der Waals surface area contributed by atoms with Crippen LogP contribution in [-0.2, 0) is 4.79 Å². The van der Waals surface area contributed by atoms with Crippen molar-refractivity contribution in [2.75, 3.05) is 19.5 Å². The molecule has 0 spiro atoms. The Kier molecular flexibility index (Phi) is 5.80. The third kappa shape index (κ3) is 4.39. The van der Waals surface area contributed by atoms with Crippen molar-refractivity contribution >= 4 is 17.7 Å². The second-order valence-corrected chi connectivity index (χ2v) is 5.56. The van der Waals surface area contributed by atoms with Gasteiger partial charge >= 0.3 is 0 Å². The van der Waals surface area contributed by atoms with Gasteiger partial charge in [0.05, 0.1) is 14.2 Å². The number of ether oxygens (including phenoxy) is 2. The third-order valence-corrected chi connectivity index (χ3v) is 3.71. The molecule has 0 heterocycles. The first-order chi connectivity index (χ1) is 12.0. The number of nitrogens with zero attached hydrogens (tertiary/aromatic N) is 1. The third-order valence-electron chi connectivity index (χ3n) is 3.71. The number of hydrogen-bond acceptors (Lipinski definition) is 4. The first kappa shape index (κ1) is 18.1. The van der Waals surface area contributed by atoms with E-state index in [0.717, 1.165) is 11.1 Å². The lowest BCUT2D eigenvalue weighted by Crippen LogP contribution is -2.14. The summed E-state index contributed by atoms with van der Waals surface area (Å²) in [5.41, 5.74) is 3.41. The lowest BCUT2D eigenvalue weighted by atomic mass is 10.1. The molecule has 25 heavy (non-hydrogen) atoms. The summed E-state index contributed by atoms with van der Waals surface area (Å²) in [4.78, 5) is 12.4. The lowest BCUT2D eigenvalue weighted by Gasteiger charge is -2.09. The minimum absolute atomic E-state index is 0.00666. The number of rotatable bonds is 5. The molecule has 0 aliphatic rings. The number of nitrogens with one attached hydrogen (secondary N) is 1. The normalized spacial score (nSPS) is 10.8. The summed E-state index contributed by atoms with van der Waals surface area (Å²) < 4.78 is 10.4. The molecule has 1 N–H and O–H groups in total. The Morgan fingerprint density at radius 2 is 1.80 bits per heavy atom. The number of benzene rings is 2. The number of anilines is 1. The highest BCUT2D eigenvalue weighted by atomic mass is 16.5. The summed E-state index contributed by atoms with van der Waals surface area (Å²) in [6.07, 6.45) is 1.51. The van der Waals surface area contributed by atoms with Crippen LogP contribution < -0.4 is 14.8 Å². The molecule has 0 aliphatic carbocycles. The number of amides is 1. The van der Waals surface area contributed by atoms with Crippen LogP contribution in [0.2, 0.25) is 0 Å². The largest absolute Gasteiger partial charge is 0.493 e. The van der Waals surface area contributed by atoms with Crippen LogP contribution >= 0.6 is 0 Å². The number of methoxy groups -OCH3 is 2. The first-order valence-electron chi connectivity index (χ1n) is 7.71. The van der Waals surface area contributed by atoms with Crippen molar-refractivity contribution in [2.24, 2.45) is 0 Å². The maximum absolute atomic E-state index is 12.4. The molecule has 0 saturated carbocycles. The molecular weight excluding hydrogens is 316 g/mol. The van der Waals surface area contributed by atoms with Crippen LogP contribution in [0.25, 0.3) is 6.08 Å². The van der Waals surface area contributed by atoms with Gasteiger partial charge in [-0.25, -0.2) is 0 Å². The van der Waals surface area contributed by atoms with Gasteiger partial charge < -0.3 is 14.8 Å². The van der Waals surface area contributed by atoms with Gasteiger partial charge in [-0.2, -0.15) is 5.26 Å². The predicted molar refractivity (Wildman–Crippen MR) is 97.7 cm³/mol. The standard InChI is InChI=1S/C20H20N2O3/c1-13-5-7-17(14(2)9-13)22-20(23)16(12-21)10-15-6-8-18(24-3)19(11-15)25-4/h5-11H,1-4H3,(H,22,23)/b16-10-. The number of nitriles is 1. The summed E-state index contributed by atoms with van der Waals surface area (Å²) in [5, 5.41) is 12.1. The fourth-order valence-electron chi connectivity index (χ4n) is 2.40. The lowest BCUT2D eigenvalue weighted by molar-refractivity contribution is -0.112. The second kappa shape index (κ2) is 8.02. The highest BCUT2D eigenvalue weighted by Gasteiger charge is 2.12. The van der Waals surface area contributed by atoms with Crippen LogP contribution in [0, 0.1) is 25.2 Å². The van der Waals surface area contributed by atoms with Crippen LogP contribution in [0.1, 0.15) is 16.7 Å². The fraction of sp³-hybridized carbons (Fsp3) is 0.200. The Balaban J connectivity index is 2.28. The van der Waals surface area contributed by atoms with Gasteiger partial charge in [-0.05, 0) is 49.2 Å². The molecule has 0 bridgehead atoms. The van der Waals surface area contributed by atoms with Gasteiger partial charge in [-0.3, -0.25) is 4.79 Å². The van der Waals surface area contributed by atoms with E-state index in [2.05, 4.69) is 5.32 Å². The molecule has 5 heteroatoms. The van der Waals surface area contributed by atoms with Gasteiger partial charge in [-0.15, -0.1) is 0 Å². The molecule has 128 valence electrons. The smallest absolute Gasteiger partial charge is 0.266 e. The molecule has 0 saturated heterocycles. The minimum Gasteiger partial charge on any atom is -0.493 e. The van der Waals surface area contributed by atoms with Crippen molar-refractivity contribution in [3.05, 3.63) is 58.7 Å². The zero-order valence-electron chi connectivity index (χ0n) is 14.7. The van der Waals surface area contributed by atoms with Gasteiger partial charge in [-0.1, -0.05) is 23.8 Å². The molecule has 0 aromatic heterocycles. The van der Waals surface area contributed by atoms with Crippen molar-refractivity contribution in [3.8, 4) is 17.6 Å². The predicted octanol–water partition coefficient (Wildman–Crippen LogP) is 3.87. The average molecular weight is 336 g/mol. The van der Waals surface area contributed by atoms with E-state index in [0.29, 0.717) is 22.7 Å². The number of carbonyl (C=O) groups excluding carboxylic acids is 1. The second-order valence-electron chi connectivity index (χ2n) is 5.56. The summed E-state index contributed by atoms with van der Waals surface area (Å²) in [6.45, 7) is 3.89. The number of hydrogen-bond donors (Lipinski definition) is 1. The van der Waals surface area contributed by atoms with E-state index in [9.17, 15) is 10.1 Å². The van der Waals surface area contributed by atoms with E-state index in [1.807, 2.05) is 38.1 Å². The SMILES string of the molecule is COc1ccc(/C=C(/C#N)C(=O)Nc2ccc(C)cc2C)cc1OC. The topological polar surface area (TPSA) is 71.3 Å². The Morgan fingerprint density at radius 1 is 1.08 bits per heavy atom. The minimum atomic E-state index is -0.454. The number of carbonyl (C=O) groups is 1. The molecule has 2 rings (SSSR count). The Labute approximate surface area is 147 Å². The highest BCUT2D eigenvalue weighted by Crippen LogP contribution is 2.28. The highest BCUT2D eigenvalue weighted by molar-refractivity contribution is 6.10. The molecule has 0 fully saturated rings. The van der Waals surface area contributed by atoms with Crippen LogP contribution in [0.4, 0.5) is 5.69 Å². The van der Waals surface area contributed by atoms with Crippen LogP contribution in [0.15, 0.2) is 42.0 Å². The van der Waals surface area contributed by atoms with E-state index < -0.39 is 5.91 Å². The molecule has 2 aromatic carbocycles. The fourth-order valence-corrected chi connectivity index (χ4v) is 2.40. The zero-order valence-corrected chi connectivity index (χ0v) is 14.7. The van der Waals surface area contributed by atoms with Crippen LogP contribution in [0.5, 0.6) is 11.5 Å². The Morgan fingerprint density at radius 3 is 2.40 bits per heavy atom. The average Bonchev–Trinajstić information content (AvgIpc) is 2.61.